The van der Waals surface area contributed by atoms with Gasteiger partial charge in [-0.15, -0.1) is 5.10 Å². The standard InChI is InChI=1S/C15H17F3N4O2/c1-3-12(23)19-7-8-22-14(24)21(2)13(20-22)10-5-4-6-11(9-10)15(16,17)18/h4-6,9H,3,7-8H2,1-2H3,(H,19,23). The molecule has 0 saturated carbocycles. The summed E-state index contributed by atoms with van der Waals surface area (Å²) in [5, 5.41) is 6.68. The van der Waals surface area contributed by atoms with Gasteiger partial charge in [0.1, 0.15) is 0 Å². The number of nitrogens with one attached hydrogen (secondary N) is 1. The van der Waals surface area contributed by atoms with Crippen molar-refractivity contribution in [2.45, 2.75) is 26.1 Å². The summed E-state index contributed by atoms with van der Waals surface area (Å²) < 4.78 is 40.7. The Morgan fingerprint density at radius 3 is 2.67 bits per heavy atom. The molecule has 9 heteroatoms. The number of halogens is 3. The Morgan fingerprint density at radius 1 is 1.33 bits per heavy atom. The predicted octanol–water partition coefficient (Wildman–Crippen LogP) is 1.79. The normalized spacial score (nSPS) is 11.5. The highest BCUT2D eigenvalue weighted by Gasteiger charge is 2.30. The van der Waals surface area contributed by atoms with Gasteiger partial charge < -0.3 is 5.32 Å². The SMILES string of the molecule is CCC(=O)NCCn1nc(-c2cccc(C(F)(F)F)c2)n(C)c1=O. The van der Waals surface area contributed by atoms with E-state index in [1.165, 1.54) is 23.7 Å². The average molecular weight is 342 g/mol. The Balaban J connectivity index is 2.28. The van der Waals surface area contributed by atoms with Crippen LogP contribution in [0.2, 0.25) is 0 Å². The molecule has 0 aliphatic heterocycles. The molecule has 1 aromatic carbocycles. The van der Waals surface area contributed by atoms with Crippen LogP contribution in [0, 0.1) is 0 Å². The Bertz CT molecular complexity index is 793. The number of hydrogen-bond donors (Lipinski definition) is 1. The number of hydrogen-bond acceptors (Lipinski definition) is 3. The fraction of sp³-hybridized carbons (Fsp3) is 0.400. The average Bonchev–Trinajstić information content (AvgIpc) is 2.82. The quantitative estimate of drug-likeness (QED) is 0.901. The minimum absolute atomic E-state index is 0.132. The lowest BCUT2D eigenvalue weighted by molar-refractivity contribution is -0.137. The van der Waals surface area contributed by atoms with Gasteiger partial charge in [-0.3, -0.25) is 9.36 Å². The van der Waals surface area contributed by atoms with Crippen LogP contribution in [0.5, 0.6) is 0 Å². The summed E-state index contributed by atoms with van der Waals surface area (Å²) in [5.74, 6) is -0.0231. The molecule has 130 valence electrons. The minimum atomic E-state index is -4.47. The summed E-state index contributed by atoms with van der Waals surface area (Å²) in [5.41, 5.74) is -1.08. The Kier molecular flexibility index (Phi) is 5.10. The van der Waals surface area contributed by atoms with Gasteiger partial charge in [0.2, 0.25) is 5.91 Å². The number of carbonyl (C=O) groups excluding carboxylic acids is 1. The van der Waals surface area contributed by atoms with Crippen LogP contribution >= 0.6 is 0 Å². The van der Waals surface area contributed by atoms with Gasteiger partial charge >= 0.3 is 11.9 Å². The molecule has 1 aromatic heterocycles. The smallest absolute Gasteiger partial charge is 0.354 e. The highest BCUT2D eigenvalue weighted by molar-refractivity contribution is 5.75. The molecular weight excluding hydrogens is 325 g/mol. The monoisotopic (exact) mass is 342 g/mol. The van der Waals surface area contributed by atoms with Crippen LogP contribution in [0.25, 0.3) is 11.4 Å². The summed E-state index contributed by atoms with van der Waals surface area (Å²) in [6.07, 6.45) is -4.14. The van der Waals surface area contributed by atoms with E-state index in [1.807, 2.05) is 0 Å². The molecule has 0 bridgehead atoms. The van der Waals surface area contributed by atoms with Gasteiger partial charge in [0.25, 0.3) is 0 Å². The largest absolute Gasteiger partial charge is 0.416 e. The second-order valence-electron chi connectivity index (χ2n) is 5.17. The number of aromatic nitrogens is 3. The molecule has 0 radical (unpaired) electrons. The fourth-order valence-electron chi connectivity index (χ4n) is 2.15. The van der Waals surface area contributed by atoms with Crippen LogP contribution in [0.3, 0.4) is 0 Å². The van der Waals surface area contributed by atoms with Crippen LogP contribution < -0.4 is 11.0 Å². The highest BCUT2D eigenvalue weighted by Crippen LogP contribution is 2.31. The van der Waals surface area contributed by atoms with Crippen LogP contribution in [-0.2, 0) is 24.6 Å². The molecule has 0 fully saturated rings. The molecule has 24 heavy (non-hydrogen) atoms. The molecule has 6 nitrogen and oxygen atoms in total. The third-order valence-electron chi connectivity index (χ3n) is 3.46. The van der Waals surface area contributed by atoms with E-state index in [0.717, 1.165) is 16.8 Å². The lowest BCUT2D eigenvalue weighted by Gasteiger charge is -2.07. The third-order valence-corrected chi connectivity index (χ3v) is 3.46. The first-order valence-corrected chi connectivity index (χ1v) is 7.32. The number of rotatable bonds is 5. The van der Waals surface area contributed by atoms with Gasteiger partial charge in [0.15, 0.2) is 5.82 Å². The van der Waals surface area contributed by atoms with Gasteiger partial charge in [-0.2, -0.15) is 13.2 Å². The zero-order valence-electron chi connectivity index (χ0n) is 13.2. The maximum Gasteiger partial charge on any atom is 0.416 e. The Hall–Kier alpha value is -2.58. The second kappa shape index (κ2) is 6.90. The summed E-state index contributed by atoms with van der Waals surface area (Å²) >= 11 is 0. The lowest BCUT2D eigenvalue weighted by Crippen LogP contribution is -2.31. The summed E-state index contributed by atoms with van der Waals surface area (Å²) in [7, 11) is 1.44. The summed E-state index contributed by atoms with van der Waals surface area (Å²) in [6.45, 7) is 2.05. The Labute approximate surface area is 135 Å². The zero-order valence-corrected chi connectivity index (χ0v) is 13.2. The molecule has 0 saturated heterocycles. The molecule has 0 aliphatic carbocycles. The van der Waals surface area contributed by atoms with E-state index >= 15 is 0 Å². The van der Waals surface area contributed by atoms with Gasteiger partial charge in [-0.1, -0.05) is 19.1 Å². The summed E-state index contributed by atoms with van der Waals surface area (Å²) in [4.78, 5) is 23.3. The van der Waals surface area contributed by atoms with Crippen molar-refractivity contribution in [3.8, 4) is 11.4 Å². The Morgan fingerprint density at radius 2 is 2.04 bits per heavy atom. The first-order valence-electron chi connectivity index (χ1n) is 7.32. The van der Waals surface area contributed by atoms with Crippen molar-refractivity contribution < 1.29 is 18.0 Å². The molecule has 1 amide bonds. The molecule has 0 atom stereocenters. The maximum absolute atomic E-state index is 12.8. The van der Waals surface area contributed by atoms with Crippen molar-refractivity contribution >= 4 is 5.91 Å². The molecule has 1 N–H and O–H groups in total. The second-order valence-corrected chi connectivity index (χ2v) is 5.17. The number of benzene rings is 1. The van der Waals surface area contributed by atoms with Crippen molar-refractivity contribution in [2.75, 3.05) is 6.54 Å². The first-order chi connectivity index (χ1) is 11.2. The highest BCUT2D eigenvalue weighted by atomic mass is 19.4. The van der Waals surface area contributed by atoms with Crippen LogP contribution in [0.4, 0.5) is 13.2 Å². The molecular formula is C15H17F3N4O2. The topological polar surface area (TPSA) is 68.9 Å². The van der Waals surface area contributed by atoms with Gasteiger partial charge in [0, 0.05) is 25.6 Å². The van der Waals surface area contributed by atoms with Crippen molar-refractivity contribution in [3.63, 3.8) is 0 Å². The number of nitrogens with zero attached hydrogens (tertiary/aromatic N) is 3. The molecule has 2 rings (SSSR count). The van der Waals surface area contributed by atoms with E-state index in [2.05, 4.69) is 10.4 Å². The maximum atomic E-state index is 12.8. The molecule has 0 unspecified atom stereocenters. The number of carbonyl (C=O) groups is 1. The van der Waals surface area contributed by atoms with E-state index in [4.69, 9.17) is 0 Å². The summed E-state index contributed by atoms with van der Waals surface area (Å²) in [6, 6.07) is 4.63. The number of alkyl halides is 3. The number of amides is 1. The van der Waals surface area contributed by atoms with E-state index in [0.29, 0.717) is 6.42 Å². The first kappa shape index (κ1) is 17.8. The molecule has 0 aliphatic rings. The van der Waals surface area contributed by atoms with Crippen molar-refractivity contribution in [3.05, 3.63) is 40.3 Å². The van der Waals surface area contributed by atoms with E-state index in [1.54, 1.807) is 6.92 Å². The predicted molar refractivity (Wildman–Crippen MR) is 81.2 cm³/mol. The van der Waals surface area contributed by atoms with Gasteiger partial charge in [0.05, 0.1) is 12.1 Å². The van der Waals surface area contributed by atoms with Gasteiger partial charge in [-0.25, -0.2) is 9.48 Å². The molecule has 0 spiro atoms. The van der Waals surface area contributed by atoms with E-state index in [-0.39, 0.29) is 30.4 Å². The van der Waals surface area contributed by atoms with Crippen LogP contribution in [0.15, 0.2) is 29.1 Å². The van der Waals surface area contributed by atoms with Crippen molar-refractivity contribution in [2.24, 2.45) is 7.05 Å². The van der Waals surface area contributed by atoms with Crippen LogP contribution in [0.1, 0.15) is 18.9 Å². The van der Waals surface area contributed by atoms with E-state index in [9.17, 15) is 22.8 Å². The molecule has 1 heterocycles. The van der Waals surface area contributed by atoms with E-state index < -0.39 is 17.4 Å². The fourth-order valence-corrected chi connectivity index (χ4v) is 2.15. The zero-order chi connectivity index (χ0) is 17.9. The van der Waals surface area contributed by atoms with Crippen molar-refractivity contribution in [1.82, 2.24) is 19.7 Å². The minimum Gasteiger partial charge on any atom is -0.354 e. The third kappa shape index (κ3) is 3.84. The molecule has 2 aromatic rings. The lowest BCUT2D eigenvalue weighted by atomic mass is 10.1. The van der Waals surface area contributed by atoms with Crippen LogP contribution in [-0.4, -0.2) is 26.8 Å². The van der Waals surface area contributed by atoms with Gasteiger partial charge in [-0.05, 0) is 12.1 Å². The van der Waals surface area contributed by atoms with Crippen molar-refractivity contribution in [1.29, 1.82) is 0 Å².